The first-order valence-electron chi connectivity index (χ1n) is 12.4. The van der Waals surface area contributed by atoms with Gasteiger partial charge in [0.2, 0.25) is 5.91 Å². The van der Waals surface area contributed by atoms with E-state index in [9.17, 15) is 18.0 Å². The Kier molecular flexibility index (Phi) is 6.17. The fraction of sp³-hybridized carbons (Fsp3) is 0.133. The van der Waals surface area contributed by atoms with Gasteiger partial charge >= 0.3 is 10.1 Å². The van der Waals surface area contributed by atoms with Gasteiger partial charge in [0.1, 0.15) is 16.6 Å². The van der Waals surface area contributed by atoms with E-state index in [0.717, 1.165) is 5.56 Å². The standard InChI is InChI=1S/C30H24N2O6S/c1-20-10-8-9-15-25(20)31-29(33)26-27(32(37-28(26)30(31)34)22-11-4-2-5-12-22)21-16-18-23(19-17-21)38-39(35,36)24-13-6-3-7-14-24/h2-19,26-28H,1H3/t26-,27+,28+/m1/s1. The first-order chi connectivity index (χ1) is 18.8. The summed E-state index contributed by atoms with van der Waals surface area (Å²) in [4.78, 5) is 34.8. The van der Waals surface area contributed by atoms with Crippen molar-refractivity contribution in [1.29, 1.82) is 0 Å². The van der Waals surface area contributed by atoms with Crippen molar-refractivity contribution >= 4 is 33.3 Å². The number of anilines is 2. The van der Waals surface area contributed by atoms with Gasteiger partial charge in [-0.3, -0.25) is 14.4 Å². The van der Waals surface area contributed by atoms with Crippen LogP contribution in [0.25, 0.3) is 0 Å². The average Bonchev–Trinajstić information content (AvgIpc) is 3.46. The summed E-state index contributed by atoms with van der Waals surface area (Å²) >= 11 is 0. The predicted molar refractivity (Wildman–Crippen MR) is 144 cm³/mol. The third-order valence-corrected chi connectivity index (χ3v) is 8.20. The molecular formula is C30H24N2O6S. The normalized spacial score (nSPS) is 20.8. The summed E-state index contributed by atoms with van der Waals surface area (Å²) in [7, 11) is -4.01. The van der Waals surface area contributed by atoms with Crippen molar-refractivity contribution in [1.82, 2.24) is 0 Å². The van der Waals surface area contributed by atoms with E-state index < -0.39 is 34.1 Å². The molecule has 4 aromatic rings. The van der Waals surface area contributed by atoms with Crippen molar-refractivity contribution in [2.24, 2.45) is 5.92 Å². The number of para-hydroxylation sites is 2. The first-order valence-corrected chi connectivity index (χ1v) is 13.8. The summed E-state index contributed by atoms with van der Waals surface area (Å²) in [6.07, 6.45) is -1.00. The summed E-state index contributed by atoms with van der Waals surface area (Å²) in [6, 6.07) is 30.2. The zero-order valence-electron chi connectivity index (χ0n) is 20.9. The molecular weight excluding hydrogens is 516 g/mol. The van der Waals surface area contributed by atoms with Crippen molar-refractivity contribution in [3.8, 4) is 5.75 Å². The third-order valence-electron chi connectivity index (χ3n) is 6.94. The van der Waals surface area contributed by atoms with Crippen LogP contribution in [0.2, 0.25) is 0 Å². The predicted octanol–water partition coefficient (Wildman–Crippen LogP) is 4.81. The minimum absolute atomic E-state index is 0.0442. The fourth-order valence-corrected chi connectivity index (χ4v) is 6.04. The lowest BCUT2D eigenvalue weighted by Gasteiger charge is -2.29. The highest BCUT2D eigenvalue weighted by Gasteiger charge is 2.60. The monoisotopic (exact) mass is 540 g/mol. The molecule has 2 aliphatic heterocycles. The second-order valence-electron chi connectivity index (χ2n) is 9.38. The van der Waals surface area contributed by atoms with E-state index in [2.05, 4.69) is 0 Å². The summed E-state index contributed by atoms with van der Waals surface area (Å²) in [5.74, 6) is -1.46. The molecule has 8 nitrogen and oxygen atoms in total. The van der Waals surface area contributed by atoms with Gasteiger partial charge in [-0.15, -0.1) is 0 Å². The lowest BCUT2D eigenvalue weighted by atomic mass is 9.90. The van der Waals surface area contributed by atoms with E-state index in [0.29, 0.717) is 16.9 Å². The van der Waals surface area contributed by atoms with Gasteiger partial charge in [0, 0.05) is 0 Å². The number of fused-ring (bicyclic) bond motifs is 1. The Morgan fingerprint density at radius 1 is 0.744 bits per heavy atom. The topological polar surface area (TPSA) is 93.2 Å². The molecule has 6 rings (SSSR count). The number of hydrogen-bond acceptors (Lipinski definition) is 7. The van der Waals surface area contributed by atoms with E-state index in [-0.39, 0.29) is 16.6 Å². The highest BCUT2D eigenvalue weighted by Crippen LogP contribution is 2.48. The summed E-state index contributed by atoms with van der Waals surface area (Å²) in [6.45, 7) is 1.85. The average molecular weight is 541 g/mol. The maximum absolute atomic E-state index is 13.8. The van der Waals surface area contributed by atoms with Crippen LogP contribution in [0.3, 0.4) is 0 Å². The van der Waals surface area contributed by atoms with Gasteiger partial charge in [-0.25, -0.2) is 9.96 Å². The largest absolute Gasteiger partial charge is 0.379 e. The van der Waals surface area contributed by atoms with E-state index in [1.165, 1.54) is 29.2 Å². The molecule has 0 spiro atoms. The molecule has 2 fully saturated rings. The number of hydrogen-bond donors (Lipinski definition) is 0. The van der Waals surface area contributed by atoms with Gasteiger partial charge in [0.05, 0.1) is 17.4 Å². The number of hydroxylamine groups is 1. The van der Waals surface area contributed by atoms with Gasteiger partial charge in [-0.05, 0) is 60.5 Å². The van der Waals surface area contributed by atoms with Gasteiger partial charge in [0.25, 0.3) is 5.91 Å². The van der Waals surface area contributed by atoms with Gasteiger partial charge < -0.3 is 4.18 Å². The Bertz CT molecular complexity index is 1640. The van der Waals surface area contributed by atoms with E-state index >= 15 is 0 Å². The maximum atomic E-state index is 13.8. The van der Waals surface area contributed by atoms with E-state index in [4.69, 9.17) is 9.02 Å². The second kappa shape index (κ2) is 9.68. The first kappa shape index (κ1) is 24.8. The molecule has 0 saturated carbocycles. The van der Waals surface area contributed by atoms with Crippen molar-refractivity contribution in [3.63, 3.8) is 0 Å². The zero-order valence-corrected chi connectivity index (χ0v) is 21.7. The molecule has 2 heterocycles. The molecule has 0 aromatic heterocycles. The van der Waals surface area contributed by atoms with Crippen molar-refractivity contribution < 1.29 is 27.0 Å². The molecule has 2 amide bonds. The highest BCUT2D eigenvalue weighted by molar-refractivity contribution is 7.87. The molecule has 0 unspecified atom stereocenters. The molecule has 39 heavy (non-hydrogen) atoms. The lowest BCUT2D eigenvalue weighted by Crippen LogP contribution is -2.37. The Labute approximate surface area is 226 Å². The summed E-state index contributed by atoms with van der Waals surface area (Å²) in [5.41, 5.74) is 2.69. The number of amides is 2. The molecule has 3 atom stereocenters. The number of aryl methyl sites for hydroxylation is 1. The van der Waals surface area contributed by atoms with Crippen LogP contribution in [-0.2, 0) is 24.5 Å². The van der Waals surface area contributed by atoms with Crippen LogP contribution in [0.15, 0.2) is 114 Å². The highest BCUT2D eigenvalue weighted by atomic mass is 32.2. The van der Waals surface area contributed by atoms with Crippen LogP contribution in [0.5, 0.6) is 5.75 Å². The minimum atomic E-state index is -4.01. The molecule has 0 bridgehead atoms. The molecule has 196 valence electrons. The van der Waals surface area contributed by atoms with Crippen LogP contribution < -0.4 is 14.1 Å². The lowest BCUT2D eigenvalue weighted by molar-refractivity contribution is -0.126. The number of imide groups is 1. The second-order valence-corrected chi connectivity index (χ2v) is 10.9. The third kappa shape index (κ3) is 4.35. The Balaban J connectivity index is 1.35. The van der Waals surface area contributed by atoms with Crippen LogP contribution in [-0.4, -0.2) is 26.3 Å². The molecule has 0 N–H and O–H groups in total. The van der Waals surface area contributed by atoms with Crippen LogP contribution in [0.4, 0.5) is 11.4 Å². The molecule has 0 radical (unpaired) electrons. The molecule has 9 heteroatoms. The Hall–Kier alpha value is -4.47. The Morgan fingerprint density at radius 2 is 1.36 bits per heavy atom. The smallest absolute Gasteiger partial charge is 0.339 e. The fourth-order valence-electron chi connectivity index (χ4n) is 5.09. The van der Waals surface area contributed by atoms with Crippen LogP contribution >= 0.6 is 0 Å². The number of rotatable bonds is 6. The van der Waals surface area contributed by atoms with E-state index in [1.54, 1.807) is 47.5 Å². The van der Waals surface area contributed by atoms with Gasteiger partial charge in [-0.2, -0.15) is 8.42 Å². The Morgan fingerprint density at radius 3 is 2.03 bits per heavy atom. The molecule has 2 saturated heterocycles. The minimum Gasteiger partial charge on any atom is -0.379 e. The molecule has 0 aliphatic carbocycles. The molecule has 4 aromatic carbocycles. The number of nitrogens with zero attached hydrogens (tertiary/aromatic N) is 2. The number of carbonyl (C=O) groups is 2. The molecule has 2 aliphatic rings. The van der Waals surface area contributed by atoms with Crippen molar-refractivity contribution in [2.45, 2.75) is 24.0 Å². The summed E-state index contributed by atoms with van der Waals surface area (Å²) < 4.78 is 30.7. The van der Waals surface area contributed by atoms with Crippen molar-refractivity contribution in [2.75, 3.05) is 9.96 Å². The van der Waals surface area contributed by atoms with Gasteiger partial charge in [-0.1, -0.05) is 66.7 Å². The van der Waals surface area contributed by atoms with Crippen LogP contribution in [0.1, 0.15) is 17.2 Å². The van der Waals surface area contributed by atoms with Gasteiger partial charge in [0.15, 0.2) is 6.10 Å². The summed E-state index contributed by atoms with van der Waals surface area (Å²) in [5, 5.41) is 1.59. The van der Waals surface area contributed by atoms with Crippen LogP contribution in [0, 0.1) is 12.8 Å². The number of carbonyl (C=O) groups excluding carboxylic acids is 2. The zero-order chi connectivity index (χ0) is 27.1. The van der Waals surface area contributed by atoms with Crippen molar-refractivity contribution in [3.05, 3.63) is 120 Å². The maximum Gasteiger partial charge on any atom is 0.339 e. The van der Waals surface area contributed by atoms with E-state index in [1.807, 2.05) is 49.4 Å². The quantitative estimate of drug-likeness (QED) is 0.256. The number of benzene rings is 4. The SMILES string of the molecule is Cc1ccccc1N1C(=O)[C@H]2[C@H](ON(c3ccccc3)[C@H]2c2ccc(OS(=O)(=O)c3ccccc3)cc2)C1=O.